The van der Waals surface area contributed by atoms with E-state index < -0.39 is 0 Å². The SMILES string of the molecule is CCN(C(=O)C1(C(C)C)CCNC1)C(C)CN(C)C. The summed E-state index contributed by atoms with van der Waals surface area (Å²) in [4.78, 5) is 17.2. The molecule has 0 aromatic carbocycles. The molecule has 1 rings (SSSR count). The van der Waals surface area contributed by atoms with Gasteiger partial charge < -0.3 is 15.1 Å². The highest BCUT2D eigenvalue weighted by Gasteiger charge is 2.46. The van der Waals surface area contributed by atoms with Crippen LogP contribution in [0.2, 0.25) is 0 Å². The molecule has 0 saturated carbocycles. The Labute approximate surface area is 118 Å². The van der Waals surface area contributed by atoms with Crippen molar-refractivity contribution in [2.45, 2.75) is 40.2 Å². The molecule has 1 saturated heterocycles. The van der Waals surface area contributed by atoms with Crippen molar-refractivity contribution in [3.05, 3.63) is 0 Å². The van der Waals surface area contributed by atoms with Gasteiger partial charge in [0.15, 0.2) is 0 Å². The maximum Gasteiger partial charge on any atom is 0.230 e. The van der Waals surface area contributed by atoms with Crippen LogP contribution in [0, 0.1) is 11.3 Å². The van der Waals surface area contributed by atoms with Gasteiger partial charge in [-0.3, -0.25) is 4.79 Å². The smallest absolute Gasteiger partial charge is 0.230 e. The van der Waals surface area contributed by atoms with Gasteiger partial charge >= 0.3 is 0 Å². The van der Waals surface area contributed by atoms with E-state index >= 15 is 0 Å². The van der Waals surface area contributed by atoms with Gasteiger partial charge in [0, 0.05) is 25.7 Å². The van der Waals surface area contributed by atoms with E-state index in [1.807, 2.05) is 0 Å². The van der Waals surface area contributed by atoms with Crippen molar-refractivity contribution in [2.24, 2.45) is 11.3 Å². The second-order valence-corrected chi connectivity index (χ2v) is 6.44. The van der Waals surface area contributed by atoms with Crippen LogP contribution in [0.15, 0.2) is 0 Å². The van der Waals surface area contributed by atoms with Crippen LogP contribution in [0.4, 0.5) is 0 Å². The lowest BCUT2D eigenvalue weighted by atomic mass is 9.75. The molecule has 0 aliphatic carbocycles. The zero-order chi connectivity index (χ0) is 14.6. The lowest BCUT2D eigenvalue weighted by Gasteiger charge is -2.39. The molecule has 112 valence electrons. The number of likely N-dealkylation sites (N-methyl/N-ethyl adjacent to an activating group) is 2. The van der Waals surface area contributed by atoms with Gasteiger partial charge in [-0.15, -0.1) is 0 Å². The zero-order valence-corrected chi connectivity index (χ0v) is 13.5. The van der Waals surface area contributed by atoms with E-state index in [1.165, 1.54) is 0 Å². The van der Waals surface area contributed by atoms with Crippen molar-refractivity contribution in [3.63, 3.8) is 0 Å². The molecule has 1 amide bonds. The molecule has 19 heavy (non-hydrogen) atoms. The molecule has 0 spiro atoms. The van der Waals surface area contributed by atoms with Crippen LogP contribution >= 0.6 is 0 Å². The van der Waals surface area contributed by atoms with Crippen molar-refractivity contribution >= 4 is 5.91 Å². The first-order valence-electron chi connectivity index (χ1n) is 7.51. The molecule has 2 atom stereocenters. The number of carbonyl (C=O) groups is 1. The van der Waals surface area contributed by atoms with Crippen LogP contribution in [0.5, 0.6) is 0 Å². The Morgan fingerprint density at radius 2 is 1.95 bits per heavy atom. The first-order chi connectivity index (χ1) is 8.85. The lowest BCUT2D eigenvalue weighted by Crippen LogP contribution is -2.53. The van der Waals surface area contributed by atoms with Crippen molar-refractivity contribution in [3.8, 4) is 0 Å². The minimum atomic E-state index is -0.198. The first kappa shape index (κ1) is 16.4. The molecule has 0 aromatic rings. The molecule has 0 aromatic heterocycles. The molecule has 1 fully saturated rings. The lowest BCUT2D eigenvalue weighted by molar-refractivity contribution is -0.146. The predicted octanol–water partition coefficient (Wildman–Crippen LogP) is 1.42. The van der Waals surface area contributed by atoms with Gasteiger partial charge in [-0.05, 0) is 46.8 Å². The second-order valence-electron chi connectivity index (χ2n) is 6.44. The molecular formula is C15H31N3O. The van der Waals surface area contributed by atoms with E-state index in [0.717, 1.165) is 32.6 Å². The molecule has 4 heteroatoms. The van der Waals surface area contributed by atoms with Gasteiger partial charge in [-0.25, -0.2) is 0 Å². The molecule has 1 N–H and O–H groups in total. The standard InChI is InChI=1S/C15H31N3O/c1-7-18(13(4)10-17(5)6)14(19)15(12(2)3)8-9-16-11-15/h12-13,16H,7-11H2,1-6H3. The van der Waals surface area contributed by atoms with Crippen molar-refractivity contribution < 1.29 is 4.79 Å². The van der Waals surface area contributed by atoms with Crippen molar-refractivity contribution in [2.75, 3.05) is 40.3 Å². The third-order valence-corrected chi connectivity index (χ3v) is 4.48. The third kappa shape index (κ3) is 3.48. The fourth-order valence-corrected chi connectivity index (χ4v) is 3.20. The number of rotatable bonds is 6. The van der Waals surface area contributed by atoms with E-state index in [-0.39, 0.29) is 11.5 Å². The average molecular weight is 269 g/mol. The number of nitrogens with zero attached hydrogens (tertiary/aromatic N) is 2. The largest absolute Gasteiger partial charge is 0.338 e. The Kier molecular flexibility index (Phi) is 5.81. The van der Waals surface area contributed by atoms with Crippen LogP contribution in [-0.2, 0) is 4.79 Å². The van der Waals surface area contributed by atoms with E-state index in [1.54, 1.807) is 0 Å². The number of nitrogens with one attached hydrogen (secondary N) is 1. The summed E-state index contributed by atoms with van der Waals surface area (Å²) < 4.78 is 0. The molecule has 1 aliphatic heterocycles. The topological polar surface area (TPSA) is 35.6 Å². The Hall–Kier alpha value is -0.610. The monoisotopic (exact) mass is 269 g/mol. The molecule has 2 unspecified atom stereocenters. The van der Waals surface area contributed by atoms with Crippen LogP contribution in [0.25, 0.3) is 0 Å². The second kappa shape index (κ2) is 6.71. The fraction of sp³-hybridized carbons (Fsp3) is 0.933. The van der Waals surface area contributed by atoms with Gasteiger partial charge in [0.1, 0.15) is 0 Å². The summed E-state index contributed by atoms with van der Waals surface area (Å²) in [7, 11) is 4.12. The Bertz CT molecular complexity index is 296. The zero-order valence-electron chi connectivity index (χ0n) is 13.5. The minimum absolute atomic E-state index is 0.198. The number of amides is 1. The van der Waals surface area contributed by atoms with E-state index in [9.17, 15) is 4.79 Å². The summed E-state index contributed by atoms with van der Waals surface area (Å²) in [5.41, 5.74) is -0.198. The van der Waals surface area contributed by atoms with E-state index in [4.69, 9.17) is 0 Å². The molecule has 4 nitrogen and oxygen atoms in total. The Morgan fingerprint density at radius 1 is 1.32 bits per heavy atom. The highest BCUT2D eigenvalue weighted by Crippen LogP contribution is 2.36. The summed E-state index contributed by atoms with van der Waals surface area (Å²) >= 11 is 0. The molecule has 0 radical (unpaired) electrons. The Balaban J connectivity index is 2.87. The van der Waals surface area contributed by atoms with Crippen LogP contribution in [-0.4, -0.2) is 62.0 Å². The molecule has 0 bridgehead atoms. The highest BCUT2D eigenvalue weighted by molar-refractivity contribution is 5.84. The minimum Gasteiger partial charge on any atom is -0.338 e. The van der Waals surface area contributed by atoms with Gasteiger partial charge in [-0.1, -0.05) is 13.8 Å². The van der Waals surface area contributed by atoms with Crippen molar-refractivity contribution in [1.82, 2.24) is 15.1 Å². The summed E-state index contributed by atoms with van der Waals surface area (Å²) in [6, 6.07) is 0.267. The quantitative estimate of drug-likeness (QED) is 0.792. The number of hydrogen-bond acceptors (Lipinski definition) is 3. The maximum absolute atomic E-state index is 13.0. The van der Waals surface area contributed by atoms with Crippen molar-refractivity contribution in [1.29, 1.82) is 0 Å². The van der Waals surface area contributed by atoms with Gasteiger partial charge in [0.25, 0.3) is 0 Å². The number of carbonyl (C=O) groups excluding carboxylic acids is 1. The molecule has 1 aliphatic rings. The highest BCUT2D eigenvalue weighted by atomic mass is 16.2. The first-order valence-corrected chi connectivity index (χ1v) is 7.51. The van der Waals surface area contributed by atoms with Crippen LogP contribution in [0.1, 0.15) is 34.1 Å². The van der Waals surface area contributed by atoms with E-state index in [0.29, 0.717) is 11.8 Å². The fourth-order valence-electron chi connectivity index (χ4n) is 3.20. The average Bonchev–Trinajstić information content (AvgIpc) is 2.78. The van der Waals surface area contributed by atoms with Gasteiger partial charge in [0.05, 0.1) is 5.41 Å². The Morgan fingerprint density at radius 3 is 2.32 bits per heavy atom. The summed E-state index contributed by atoms with van der Waals surface area (Å²) in [5, 5.41) is 3.38. The summed E-state index contributed by atoms with van der Waals surface area (Å²) in [6.45, 7) is 12.1. The van der Waals surface area contributed by atoms with Gasteiger partial charge in [-0.2, -0.15) is 0 Å². The maximum atomic E-state index is 13.0. The number of hydrogen-bond donors (Lipinski definition) is 1. The molecule has 1 heterocycles. The predicted molar refractivity (Wildman–Crippen MR) is 80.2 cm³/mol. The summed E-state index contributed by atoms with van der Waals surface area (Å²) in [6.07, 6.45) is 0.967. The third-order valence-electron chi connectivity index (χ3n) is 4.48. The van der Waals surface area contributed by atoms with Gasteiger partial charge in [0.2, 0.25) is 5.91 Å². The normalized spacial score (nSPS) is 25.1. The van der Waals surface area contributed by atoms with Crippen LogP contribution < -0.4 is 5.32 Å². The van der Waals surface area contributed by atoms with E-state index in [2.05, 4.69) is 56.9 Å². The molecular weight excluding hydrogens is 238 g/mol. The van der Waals surface area contributed by atoms with Crippen LogP contribution in [0.3, 0.4) is 0 Å². The summed E-state index contributed by atoms with van der Waals surface area (Å²) in [5.74, 6) is 0.722.